The SMILES string of the molecule is CCc1cn[nH]c1[C@H]1CCCN(C(=O)c2[nH]c3c(C)ccc(C)c3c2C)C1. The fraction of sp³-hybridized carbons (Fsp3) is 0.455. The Hall–Kier alpha value is -2.56. The Labute approximate surface area is 160 Å². The van der Waals surface area contributed by atoms with Gasteiger partial charge in [-0.15, -0.1) is 0 Å². The average molecular weight is 364 g/mol. The Morgan fingerprint density at radius 3 is 2.78 bits per heavy atom. The molecule has 3 heterocycles. The molecule has 5 nitrogen and oxygen atoms in total. The zero-order valence-electron chi connectivity index (χ0n) is 16.6. The van der Waals surface area contributed by atoms with Crippen LogP contribution in [0.25, 0.3) is 10.9 Å². The van der Waals surface area contributed by atoms with E-state index in [1.165, 1.54) is 27.8 Å². The molecule has 1 fully saturated rings. The summed E-state index contributed by atoms with van der Waals surface area (Å²) in [4.78, 5) is 18.8. The van der Waals surface area contributed by atoms with Crippen LogP contribution in [0.5, 0.6) is 0 Å². The van der Waals surface area contributed by atoms with Gasteiger partial charge in [0.25, 0.3) is 5.91 Å². The van der Waals surface area contributed by atoms with Crippen LogP contribution in [0.4, 0.5) is 0 Å². The van der Waals surface area contributed by atoms with Crippen LogP contribution in [-0.2, 0) is 6.42 Å². The summed E-state index contributed by atoms with van der Waals surface area (Å²) in [7, 11) is 0. The predicted octanol–water partition coefficient (Wildman–Crippen LogP) is 4.40. The van der Waals surface area contributed by atoms with Gasteiger partial charge in [-0.3, -0.25) is 9.89 Å². The van der Waals surface area contributed by atoms with E-state index in [0.29, 0.717) is 5.92 Å². The number of benzene rings is 1. The number of piperidine rings is 1. The number of likely N-dealkylation sites (tertiary alicyclic amines) is 1. The Bertz CT molecular complexity index is 997. The fourth-order valence-corrected chi connectivity index (χ4v) is 4.52. The number of hydrogen-bond acceptors (Lipinski definition) is 2. The summed E-state index contributed by atoms with van der Waals surface area (Å²) in [6.07, 6.45) is 5.01. The molecule has 4 rings (SSSR count). The van der Waals surface area contributed by atoms with E-state index in [1.807, 2.05) is 11.1 Å². The number of fused-ring (bicyclic) bond motifs is 1. The second kappa shape index (κ2) is 6.87. The molecule has 142 valence electrons. The van der Waals surface area contributed by atoms with Crippen molar-refractivity contribution in [1.29, 1.82) is 0 Å². The summed E-state index contributed by atoms with van der Waals surface area (Å²) in [5.74, 6) is 0.457. The highest BCUT2D eigenvalue weighted by Crippen LogP contribution is 2.31. The molecule has 27 heavy (non-hydrogen) atoms. The quantitative estimate of drug-likeness (QED) is 0.723. The summed E-state index contributed by atoms with van der Waals surface area (Å²) < 4.78 is 0. The van der Waals surface area contributed by atoms with Gasteiger partial charge in [-0.25, -0.2) is 0 Å². The first-order valence-corrected chi connectivity index (χ1v) is 9.91. The number of rotatable bonds is 3. The van der Waals surface area contributed by atoms with Gasteiger partial charge in [0.05, 0.1) is 6.20 Å². The molecule has 1 amide bonds. The molecule has 2 N–H and O–H groups in total. The molecule has 0 bridgehead atoms. The highest BCUT2D eigenvalue weighted by molar-refractivity contribution is 6.02. The number of aromatic amines is 2. The van der Waals surface area contributed by atoms with Crippen LogP contribution in [0.1, 0.15) is 64.1 Å². The molecule has 0 radical (unpaired) electrons. The third kappa shape index (κ3) is 2.95. The minimum absolute atomic E-state index is 0.116. The Kier molecular flexibility index (Phi) is 4.54. The third-order valence-corrected chi connectivity index (χ3v) is 6.08. The number of amides is 1. The number of aromatic nitrogens is 3. The lowest BCUT2D eigenvalue weighted by Crippen LogP contribution is -2.39. The lowest BCUT2D eigenvalue weighted by Gasteiger charge is -2.32. The summed E-state index contributed by atoms with van der Waals surface area (Å²) in [6, 6.07) is 4.25. The number of carbonyl (C=O) groups excluding carboxylic acids is 1. The molecule has 1 aliphatic heterocycles. The average Bonchev–Trinajstić information content (AvgIpc) is 3.29. The highest BCUT2D eigenvalue weighted by atomic mass is 16.2. The summed E-state index contributed by atoms with van der Waals surface area (Å²) in [6.45, 7) is 9.98. The number of nitrogens with zero attached hydrogens (tertiary/aromatic N) is 2. The van der Waals surface area contributed by atoms with E-state index < -0.39 is 0 Å². The van der Waals surface area contributed by atoms with Crippen molar-refractivity contribution in [3.63, 3.8) is 0 Å². The van der Waals surface area contributed by atoms with Crippen LogP contribution in [0.3, 0.4) is 0 Å². The fourth-order valence-electron chi connectivity index (χ4n) is 4.52. The zero-order chi connectivity index (χ0) is 19.1. The van der Waals surface area contributed by atoms with Gasteiger partial charge in [-0.2, -0.15) is 5.10 Å². The lowest BCUT2D eigenvalue weighted by atomic mass is 9.91. The van der Waals surface area contributed by atoms with Crippen molar-refractivity contribution in [2.45, 2.75) is 52.9 Å². The van der Waals surface area contributed by atoms with Crippen molar-refractivity contribution in [3.8, 4) is 0 Å². The van der Waals surface area contributed by atoms with Gasteiger partial charge in [0, 0.05) is 35.6 Å². The standard InChI is InChI=1S/C22H28N4O/c1-5-16-11-23-25-21(16)17-7-6-10-26(12-17)22(27)20-15(4)18-13(2)8-9-14(3)19(18)24-20/h8-9,11,17,24H,5-7,10,12H2,1-4H3,(H,23,25)/t17-/m0/s1. The zero-order valence-corrected chi connectivity index (χ0v) is 16.6. The molecular formula is C22H28N4O. The number of carbonyl (C=O) groups is 1. The van der Waals surface area contributed by atoms with Crippen LogP contribution >= 0.6 is 0 Å². The second-order valence-electron chi connectivity index (χ2n) is 7.83. The molecule has 1 saturated heterocycles. The van der Waals surface area contributed by atoms with Crippen LogP contribution in [0.15, 0.2) is 18.3 Å². The van der Waals surface area contributed by atoms with E-state index in [2.05, 4.69) is 55.0 Å². The van der Waals surface area contributed by atoms with Crippen molar-refractivity contribution in [2.75, 3.05) is 13.1 Å². The second-order valence-corrected chi connectivity index (χ2v) is 7.83. The highest BCUT2D eigenvalue weighted by Gasteiger charge is 2.29. The van der Waals surface area contributed by atoms with Crippen molar-refractivity contribution >= 4 is 16.8 Å². The molecule has 0 spiro atoms. The van der Waals surface area contributed by atoms with Gasteiger partial charge in [-0.05, 0) is 62.3 Å². The van der Waals surface area contributed by atoms with Crippen LogP contribution in [0, 0.1) is 20.8 Å². The predicted molar refractivity (Wildman–Crippen MR) is 108 cm³/mol. The van der Waals surface area contributed by atoms with Gasteiger partial charge < -0.3 is 9.88 Å². The minimum Gasteiger partial charge on any atom is -0.350 e. The smallest absolute Gasteiger partial charge is 0.270 e. The maximum absolute atomic E-state index is 13.4. The van der Waals surface area contributed by atoms with Crippen LogP contribution in [0.2, 0.25) is 0 Å². The largest absolute Gasteiger partial charge is 0.350 e. The third-order valence-electron chi connectivity index (χ3n) is 6.08. The van der Waals surface area contributed by atoms with Gasteiger partial charge in [0.15, 0.2) is 0 Å². The van der Waals surface area contributed by atoms with E-state index in [4.69, 9.17) is 0 Å². The molecule has 1 atom stereocenters. The maximum atomic E-state index is 13.4. The lowest BCUT2D eigenvalue weighted by molar-refractivity contribution is 0.0700. The van der Waals surface area contributed by atoms with E-state index >= 15 is 0 Å². The van der Waals surface area contributed by atoms with Gasteiger partial charge in [-0.1, -0.05) is 19.1 Å². The van der Waals surface area contributed by atoms with Crippen LogP contribution in [-0.4, -0.2) is 39.1 Å². The Balaban J connectivity index is 1.65. The van der Waals surface area contributed by atoms with Crippen molar-refractivity contribution in [3.05, 3.63) is 52.0 Å². The first-order chi connectivity index (χ1) is 13.0. The molecule has 0 saturated carbocycles. The Morgan fingerprint density at radius 2 is 2.04 bits per heavy atom. The van der Waals surface area contributed by atoms with E-state index in [9.17, 15) is 4.79 Å². The first-order valence-electron chi connectivity index (χ1n) is 9.91. The molecule has 3 aromatic rings. The molecule has 5 heteroatoms. The van der Waals surface area contributed by atoms with Crippen molar-refractivity contribution in [1.82, 2.24) is 20.1 Å². The summed E-state index contributed by atoms with van der Waals surface area (Å²) in [5.41, 5.74) is 7.76. The number of hydrogen-bond donors (Lipinski definition) is 2. The number of aryl methyl sites for hydroxylation is 4. The van der Waals surface area contributed by atoms with E-state index in [1.54, 1.807) is 0 Å². The Morgan fingerprint density at radius 1 is 1.26 bits per heavy atom. The number of nitrogens with one attached hydrogen (secondary N) is 2. The van der Waals surface area contributed by atoms with Gasteiger partial charge in [0.2, 0.25) is 0 Å². The van der Waals surface area contributed by atoms with Gasteiger partial charge >= 0.3 is 0 Å². The molecule has 1 aliphatic rings. The molecule has 0 unspecified atom stereocenters. The summed E-state index contributed by atoms with van der Waals surface area (Å²) in [5, 5.41) is 8.59. The van der Waals surface area contributed by atoms with Crippen LogP contribution < -0.4 is 0 Å². The van der Waals surface area contributed by atoms with Crippen molar-refractivity contribution in [2.24, 2.45) is 0 Å². The minimum atomic E-state index is 0.116. The topological polar surface area (TPSA) is 64.8 Å². The van der Waals surface area contributed by atoms with E-state index in [0.717, 1.165) is 49.1 Å². The molecule has 0 aliphatic carbocycles. The molecular weight excluding hydrogens is 336 g/mol. The van der Waals surface area contributed by atoms with Crippen molar-refractivity contribution < 1.29 is 4.79 Å². The number of H-pyrrole nitrogens is 2. The maximum Gasteiger partial charge on any atom is 0.270 e. The first kappa shape index (κ1) is 17.8. The van der Waals surface area contributed by atoms with E-state index in [-0.39, 0.29) is 5.91 Å². The monoisotopic (exact) mass is 364 g/mol. The van der Waals surface area contributed by atoms with Gasteiger partial charge in [0.1, 0.15) is 5.69 Å². The molecule has 2 aromatic heterocycles. The molecule has 1 aromatic carbocycles. The normalized spacial score (nSPS) is 17.6. The summed E-state index contributed by atoms with van der Waals surface area (Å²) >= 11 is 0.